The summed E-state index contributed by atoms with van der Waals surface area (Å²) in [5.74, 6) is 2.13. The number of benzene rings is 3. The Labute approximate surface area is 275 Å². The third-order valence-corrected chi connectivity index (χ3v) is 9.54. The minimum Gasteiger partial charge on any atom is -0.508 e. The number of fused-ring (bicyclic) bond motifs is 4. The number of amidine groups is 2. The first-order chi connectivity index (χ1) is 23.1. The van der Waals surface area contributed by atoms with Crippen molar-refractivity contribution in [1.82, 2.24) is 5.32 Å². The van der Waals surface area contributed by atoms with Gasteiger partial charge in [-0.3, -0.25) is 0 Å². The summed E-state index contributed by atoms with van der Waals surface area (Å²) in [5, 5.41) is 16.8. The molecule has 3 aliphatic carbocycles. The molecule has 4 aromatic rings. The fourth-order valence-electron chi connectivity index (χ4n) is 6.92. The lowest BCUT2D eigenvalue weighted by Gasteiger charge is -2.25. The number of nitrogens with zero attached hydrogens (tertiary/aromatic N) is 2. The van der Waals surface area contributed by atoms with Crippen LogP contribution in [0.15, 0.2) is 152 Å². The molecule has 2 N–H and O–H groups in total. The van der Waals surface area contributed by atoms with E-state index in [1.54, 1.807) is 6.08 Å². The second kappa shape index (κ2) is 12.4. The van der Waals surface area contributed by atoms with E-state index in [1.165, 1.54) is 16.7 Å². The summed E-state index contributed by atoms with van der Waals surface area (Å²) in [6, 6.07) is 21.2. The molecule has 47 heavy (non-hydrogen) atoms. The zero-order chi connectivity index (χ0) is 31.7. The second-order valence-electron chi connectivity index (χ2n) is 12.6. The Balaban J connectivity index is 1.15. The van der Waals surface area contributed by atoms with E-state index < -0.39 is 0 Å². The van der Waals surface area contributed by atoms with Crippen molar-refractivity contribution in [3.8, 4) is 0 Å². The molecule has 5 heteroatoms. The Bertz CT molecular complexity index is 2180. The van der Waals surface area contributed by atoms with Gasteiger partial charge in [0.15, 0.2) is 5.84 Å². The molecule has 0 bridgehead atoms. The molecule has 232 valence electrons. The maximum absolute atomic E-state index is 11.1. The molecule has 0 radical (unpaired) electrons. The molecule has 0 amide bonds. The van der Waals surface area contributed by atoms with Crippen LogP contribution in [-0.4, -0.2) is 16.8 Å². The largest absolute Gasteiger partial charge is 0.508 e. The van der Waals surface area contributed by atoms with Crippen molar-refractivity contribution in [2.45, 2.75) is 51.1 Å². The molecule has 1 aliphatic heterocycles. The van der Waals surface area contributed by atoms with E-state index in [-0.39, 0.29) is 11.9 Å². The van der Waals surface area contributed by atoms with Crippen molar-refractivity contribution in [2.24, 2.45) is 9.98 Å². The van der Waals surface area contributed by atoms with E-state index in [1.807, 2.05) is 31.2 Å². The van der Waals surface area contributed by atoms with Gasteiger partial charge in [-0.2, -0.15) is 0 Å². The second-order valence-corrected chi connectivity index (χ2v) is 12.6. The SMILES string of the molecule is C/C(=C\C=C(/O)C1=Cc2ccccc2CC1)C1=NC(C2=CC=CCC2)=NC(c2cccc3oc4cc(C5C=CC=CC5)ccc4c23)N1. The van der Waals surface area contributed by atoms with E-state index in [4.69, 9.17) is 14.4 Å². The van der Waals surface area contributed by atoms with Crippen molar-refractivity contribution in [2.75, 3.05) is 0 Å². The molecule has 4 aliphatic rings. The van der Waals surface area contributed by atoms with Crippen LogP contribution in [0.3, 0.4) is 0 Å². The molecular formula is C42H37N3O2. The lowest BCUT2D eigenvalue weighted by atomic mass is 9.91. The van der Waals surface area contributed by atoms with Gasteiger partial charge in [0.05, 0.1) is 0 Å². The average molecular weight is 616 g/mol. The monoisotopic (exact) mass is 615 g/mol. The third-order valence-electron chi connectivity index (χ3n) is 9.54. The number of hydrogen-bond donors (Lipinski definition) is 2. The van der Waals surface area contributed by atoms with Crippen molar-refractivity contribution in [3.63, 3.8) is 0 Å². The highest BCUT2D eigenvalue weighted by Gasteiger charge is 2.25. The van der Waals surface area contributed by atoms with Crippen LogP contribution in [0.4, 0.5) is 0 Å². The molecule has 0 spiro atoms. The number of aliphatic hydroxyl groups is 1. The van der Waals surface area contributed by atoms with Gasteiger partial charge < -0.3 is 14.8 Å². The highest BCUT2D eigenvalue weighted by atomic mass is 16.3. The van der Waals surface area contributed by atoms with Gasteiger partial charge in [-0.05, 0) is 96.7 Å². The molecule has 2 unspecified atom stereocenters. The molecule has 2 atom stereocenters. The van der Waals surface area contributed by atoms with E-state index in [2.05, 4.69) is 96.4 Å². The van der Waals surface area contributed by atoms with Gasteiger partial charge in [-0.15, -0.1) is 0 Å². The summed E-state index contributed by atoms with van der Waals surface area (Å²) in [6.45, 7) is 2.03. The Morgan fingerprint density at radius 2 is 1.87 bits per heavy atom. The molecule has 1 aromatic heterocycles. The fraction of sp³-hybridized carbons (Fsp3) is 0.190. The Kier molecular flexibility index (Phi) is 7.66. The molecule has 0 saturated carbocycles. The number of furan rings is 1. The number of allylic oxidation sites excluding steroid dienone is 10. The zero-order valence-electron chi connectivity index (χ0n) is 26.5. The predicted molar refractivity (Wildman–Crippen MR) is 194 cm³/mol. The van der Waals surface area contributed by atoms with Gasteiger partial charge in [-0.1, -0.05) is 97.1 Å². The van der Waals surface area contributed by atoms with Crippen molar-refractivity contribution >= 4 is 39.7 Å². The Hall–Kier alpha value is -5.42. The summed E-state index contributed by atoms with van der Waals surface area (Å²) < 4.78 is 6.46. The first-order valence-electron chi connectivity index (χ1n) is 16.5. The average Bonchev–Trinajstić information content (AvgIpc) is 3.52. The highest BCUT2D eigenvalue weighted by Crippen LogP contribution is 2.38. The molecule has 5 nitrogen and oxygen atoms in total. The maximum atomic E-state index is 11.1. The van der Waals surface area contributed by atoms with Gasteiger partial charge in [0.25, 0.3) is 0 Å². The van der Waals surface area contributed by atoms with Crippen LogP contribution in [0.5, 0.6) is 0 Å². The van der Waals surface area contributed by atoms with Crippen LogP contribution in [0, 0.1) is 0 Å². The van der Waals surface area contributed by atoms with E-state index in [0.29, 0.717) is 5.92 Å². The molecule has 2 heterocycles. The van der Waals surface area contributed by atoms with E-state index >= 15 is 0 Å². The Morgan fingerprint density at radius 1 is 0.936 bits per heavy atom. The number of aryl methyl sites for hydroxylation is 1. The van der Waals surface area contributed by atoms with Crippen molar-refractivity contribution in [3.05, 3.63) is 160 Å². The molecular weight excluding hydrogens is 578 g/mol. The minimum atomic E-state index is -0.363. The number of rotatable bonds is 6. The molecule has 0 fully saturated rings. The standard InChI is InChI=1S/C42H37N3O2/c1-27(19-24-36(46)33-21-20-29-13-8-9-16-31(29)25-33)40-43-41(30-14-6-3-7-15-30)45-42(44-40)35-17-10-18-37-39(35)34-23-22-32(26-38(34)47-37)28-11-4-2-5-12-28/h2-6,8-11,13-14,16-19,22-26,28,42,46H,7,12,15,20-21H2,1H3,(H,43,44,45)/b27-19+,36-24-. The van der Waals surface area contributed by atoms with Crippen LogP contribution in [-0.2, 0) is 6.42 Å². The van der Waals surface area contributed by atoms with E-state index in [9.17, 15) is 5.11 Å². The van der Waals surface area contributed by atoms with Gasteiger partial charge in [0.2, 0.25) is 0 Å². The zero-order valence-corrected chi connectivity index (χ0v) is 26.5. The topological polar surface area (TPSA) is 70.1 Å². The lowest BCUT2D eigenvalue weighted by molar-refractivity contribution is 0.419. The van der Waals surface area contributed by atoms with Gasteiger partial charge in [0.1, 0.15) is 28.9 Å². The predicted octanol–water partition coefficient (Wildman–Crippen LogP) is 10.3. The number of nitrogens with one attached hydrogen (secondary N) is 1. The molecule has 0 saturated heterocycles. The normalized spacial score (nSPS) is 21.2. The summed E-state index contributed by atoms with van der Waals surface area (Å²) >= 11 is 0. The number of aliphatic imine (C=N–C) groups is 2. The van der Waals surface area contributed by atoms with Crippen molar-refractivity contribution < 1.29 is 9.52 Å². The van der Waals surface area contributed by atoms with Gasteiger partial charge >= 0.3 is 0 Å². The summed E-state index contributed by atoms with van der Waals surface area (Å²) in [7, 11) is 0. The first kappa shape index (κ1) is 29.0. The molecule has 3 aromatic carbocycles. The summed E-state index contributed by atoms with van der Waals surface area (Å²) in [4.78, 5) is 10.2. The minimum absolute atomic E-state index is 0.287. The smallest absolute Gasteiger partial charge is 0.155 e. The van der Waals surface area contributed by atoms with Crippen LogP contribution < -0.4 is 5.32 Å². The quantitative estimate of drug-likeness (QED) is 0.167. The first-order valence-corrected chi connectivity index (χ1v) is 16.5. The van der Waals surface area contributed by atoms with Crippen LogP contribution in [0.25, 0.3) is 28.0 Å². The Morgan fingerprint density at radius 3 is 2.74 bits per heavy atom. The summed E-state index contributed by atoms with van der Waals surface area (Å²) in [6.07, 6.45) is 25.1. The van der Waals surface area contributed by atoms with Gasteiger partial charge in [-0.25, -0.2) is 9.98 Å². The van der Waals surface area contributed by atoms with E-state index in [0.717, 1.165) is 88.0 Å². The van der Waals surface area contributed by atoms with Crippen LogP contribution >= 0.6 is 0 Å². The maximum Gasteiger partial charge on any atom is 0.155 e. The van der Waals surface area contributed by atoms with Gasteiger partial charge in [0, 0.05) is 22.3 Å². The third kappa shape index (κ3) is 5.74. The number of aliphatic hydroxyl groups excluding tert-OH is 1. The summed E-state index contributed by atoms with van der Waals surface area (Å²) in [5.41, 5.74) is 9.51. The number of hydrogen-bond acceptors (Lipinski definition) is 5. The van der Waals surface area contributed by atoms with Crippen molar-refractivity contribution in [1.29, 1.82) is 0 Å². The lowest BCUT2D eigenvalue weighted by Crippen LogP contribution is -2.34. The fourth-order valence-corrected chi connectivity index (χ4v) is 6.92. The highest BCUT2D eigenvalue weighted by molar-refractivity contribution is 6.13. The van der Waals surface area contributed by atoms with Crippen LogP contribution in [0.2, 0.25) is 0 Å². The van der Waals surface area contributed by atoms with Crippen LogP contribution in [0.1, 0.15) is 66.9 Å². The molecule has 8 rings (SSSR count).